The van der Waals surface area contributed by atoms with Crippen LogP contribution in [0, 0.1) is 6.92 Å². The highest BCUT2D eigenvalue weighted by Gasteiger charge is 2.09. The van der Waals surface area contributed by atoms with Gasteiger partial charge in [-0.05, 0) is 36.2 Å². The van der Waals surface area contributed by atoms with Crippen molar-refractivity contribution in [3.63, 3.8) is 0 Å². The number of para-hydroxylation sites is 1. The van der Waals surface area contributed by atoms with Gasteiger partial charge >= 0.3 is 0 Å². The molecule has 0 saturated carbocycles. The Morgan fingerprint density at radius 1 is 1.05 bits per heavy atom. The lowest BCUT2D eigenvalue weighted by molar-refractivity contribution is 0.589. The molecule has 0 aliphatic rings. The second-order valence-corrected chi connectivity index (χ2v) is 5.56. The van der Waals surface area contributed by atoms with Gasteiger partial charge in [-0.25, -0.2) is 0 Å². The van der Waals surface area contributed by atoms with E-state index in [9.17, 15) is 0 Å². The Bertz CT molecular complexity index is 561. The van der Waals surface area contributed by atoms with Gasteiger partial charge in [0.05, 0.1) is 0 Å². The van der Waals surface area contributed by atoms with Gasteiger partial charge in [0.1, 0.15) is 0 Å². The molecule has 0 radical (unpaired) electrons. The van der Waals surface area contributed by atoms with Crippen molar-refractivity contribution in [1.82, 2.24) is 5.32 Å². The molecule has 0 bridgehead atoms. The minimum atomic E-state index is 0.493. The highest BCUT2D eigenvalue weighted by atomic mass is 15.1. The maximum atomic E-state index is 3.49. The Kier molecular flexibility index (Phi) is 4.80. The Morgan fingerprint density at radius 2 is 1.80 bits per heavy atom. The molecule has 0 aliphatic heterocycles. The van der Waals surface area contributed by atoms with Gasteiger partial charge in [0.2, 0.25) is 0 Å². The predicted molar refractivity (Wildman–Crippen MR) is 87.7 cm³/mol. The second kappa shape index (κ2) is 6.58. The van der Waals surface area contributed by atoms with E-state index in [0.29, 0.717) is 6.04 Å². The third-order valence-corrected chi connectivity index (χ3v) is 3.44. The number of hydrogen-bond donors (Lipinski definition) is 1. The van der Waals surface area contributed by atoms with E-state index >= 15 is 0 Å². The largest absolute Gasteiger partial charge is 0.344 e. The van der Waals surface area contributed by atoms with Crippen LogP contribution in [0.25, 0.3) is 0 Å². The van der Waals surface area contributed by atoms with Gasteiger partial charge < -0.3 is 10.2 Å². The quantitative estimate of drug-likeness (QED) is 0.871. The smallest absolute Gasteiger partial charge is 0.0453 e. The van der Waals surface area contributed by atoms with E-state index in [1.807, 2.05) is 0 Å². The summed E-state index contributed by atoms with van der Waals surface area (Å²) in [6.07, 6.45) is 0. The van der Waals surface area contributed by atoms with Crippen LogP contribution in [0.5, 0.6) is 0 Å². The molecule has 2 nitrogen and oxygen atoms in total. The molecule has 0 spiro atoms. The predicted octanol–water partition coefficient (Wildman–Crippen LogP) is 4.26. The fourth-order valence-electron chi connectivity index (χ4n) is 2.28. The van der Waals surface area contributed by atoms with E-state index in [-0.39, 0.29) is 0 Å². The summed E-state index contributed by atoms with van der Waals surface area (Å²) in [6.45, 7) is 7.37. The van der Waals surface area contributed by atoms with Gasteiger partial charge in [0.25, 0.3) is 0 Å². The lowest BCUT2D eigenvalue weighted by Crippen LogP contribution is -2.23. The summed E-state index contributed by atoms with van der Waals surface area (Å²) in [5.41, 5.74) is 5.09. The molecular formula is C18H24N2. The van der Waals surface area contributed by atoms with Crippen LogP contribution in [0.15, 0.2) is 48.5 Å². The first-order chi connectivity index (χ1) is 9.58. The minimum absolute atomic E-state index is 0.493. The normalized spacial score (nSPS) is 10.8. The molecule has 1 N–H and O–H groups in total. The molecule has 0 heterocycles. The molecular weight excluding hydrogens is 244 g/mol. The second-order valence-electron chi connectivity index (χ2n) is 5.56. The molecule has 0 aliphatic carbocycles. The van der Waals surface area contributed by atoms with Crippen LogP contribution in [0.4, 0.5) is 11.4 Å². The molecule has 20 heavy (non-hydrogen) atoms. The van der Waals surface area contributed by atoms with Crippen molar-refractivity contribution < 1.29 is 0 Å². The highest BCUT2D eigenvalue weighted by molar-refractivity contribution is 5.66. The van der Waals surface area contributed by atoms with E-state index in [1.54, 1.807) is 0 Å². The van der Waals surface area contributed by atoms with E-state index in [0.717, 1.165) is 6.54 Å². The number of nitrogens with zero attached hydrogens (tertiary/aromatic N) is 1. The summed E-state index contributed by atoms with van der Waals surface area (Å²) >= 11 is 0. The zero-order valence-corrected chi connectivity index (χ0v) is 12.9. The van der Waals surface area contributed by atoms with Crippen LogP contribution in [0.3, 0.4) is 0 Å². The standard InChI is InChI=1S/C18H24N2/c1-14(2)19-13-16-9-5-6-11-18(16)20(4)17-10-7-8-15(3)12-17/h5-12,14,19H,13H2,1-4H3. The molecule has 2 aromatic rings. The van der Waals surface area contributed by atoms with Gasteiger partial charge in [0.15, 0.2) is 0 Å². The van der Waals surface area contributed by atoms with Gasteiger partial charge in [-0.3, -0.25) is 0 Å². The summed E-state index contributed by atoms with van der Waals surface area (Å²) < 4.78 is 0. The summed E-state index contributed by atoms with van der Waals surface area (Å²) in [6, 6.07) is 17.7. The average molecular weight is 268 g/mol. The van der Waals surface area contributed by atoms with Crippen molar-refractivity contribution >= 4 is 11.4 Å². The monoisotopic (exact) mass is 268 g/mol. The van der Waals surface area contributed by atoms with Crippen LogP contribution in [0.1, 0.15) is 25.0 Å². The zero-order valence-electron chi connectivity index (χ0n) is 12.9. The SMILES string of the molecule is Cc1cccc(N(C)c2ccccc2CNC(C)C)c1. The topological polar surface area (TPSA) is 15.3 Å². The van der Waals surface area contributed by atoms with Gasteiger partial charge in [0, 0.05) is 31.0 Å². The first-order valence-corrected chi connectivity index (χ1v) is 7.19. The fourth-order valence-corrected chi connectivity index (χ4v) is 2.28. The molecule has 0 aromatic heterocycles. The van der Waals surface area contributed by atoms with Crippen LogP contribution in [-0.4, -0.2) is 13.1 Å². The van der Waals surface area contributed by atoms with Crippen LogP contribution in [-0.2, 0) is 6.54 Å². The molecule has 0 atom stereocenters. The van der Waals surface area contributed by atoms with Gasteiger partial charge in [-0.2, -0.15) is 0 Å². The number of rotatable bonds is 5. The van der Waals surface area contributed by atoms with Crippen molar-refractivity contribution in [2.24, 2.45) is 0 Å². The van der Waals surface area contributed by atoms with Crippen molar-refractivity contribution in [3.8, 4) is 0 Å². The number of hydrogen-bond acceptors (Lipinski definition) is 2. The van der Waals surface area contributed by atoms with Crippen LogP contribution < -0.4 is 10.2 Å². The Balaban J connectivity index is 2.27. The maximum absolute atomic E-state index is 3.49. The summed E-state index contributed by atoms with van der Waals surface area (Å²) in [4.78, 5) is 2.25. The third-order valence-electron chi connectivity index (χ3n) is 3.44. The molecule has 0 unspecified atom stereocenters. The van der Waals surface area contributed by atoms with Crippen LogP contribution in [0.2, 0.25) is 0 Å². The molecule has 2 aromatic carbocycles. The number of benzene rings is 2. The van der Waals surface area contributed by atoms with Crippen molar-refractivity contribution in [2.75, 3.05) is 11.9 Å². The fraction of sp³-hybridized carbons (Fsp3) is 0.333. The van der Waals surface area contributed by atoms with E-state index in [1.165, 1.54) is 22.5 Å². The molecule has 0 amide bonds. The molecule has 106 valence electrons. The Hall–Kier alpha value is -1.80. The number of nitrogens with one attached hydrogen (secondary N) is 1. The lowest BCUT2D eigenvalue weighted by Gasteiger charge is -2.23. The molecule has 0 saturated heterocycles. The summed E-state index contributed by atoms with van der Waals surface area (Å²) in [7, 11) is 2.13. The van der Waals surface area contributed by atoms with E-state index in [4.69, 9.17) is 0 Å². The minimum Gasteiger partial charge on any atom is -0.344 e. The first kappa shape index (κ1) is 14.6. The maximum Gasteiger partial charge on any atom is 0.0453 e. The highest BCUT2D eigenvalue weighted by Crippen LogP contribution is 2.27. The van der Waals surface area contributed by atoms with Gasteiger partial charge in [-0.15, -0.1) is 0 Å². The van der Waals surface area contributed by atoms with E-state index in [2.05, 4.69) is 86.6 Å². The number of aryl methyl sites for hydroxylation is 1. The number of anilines is 2. The summed E-state index contributed by atoms with van der Waals surface area (Å²) in [5.74, 6) is 0. The zero-order chi connectivity index (χ0) is 14.5. The molecule has 0 fully saturated rings. The average Bonchev–Trinajstić information content (AvgIpc) is 2.44. The third kappa shape index (κ3) is 3.61. The van der Waals surface area contributed by atoms with Crippen molar-refractivity contribution in [1.29, 1.82) is 0 Å². The van der Waals surface area contributed by atoms with Gasteiger partial charge in [-0.1, -0.05) is 44.2 Å². The first-order valence-electron chi connectivity index (χ1n) is 7.19. The molecule has 2 rings (SSSR count). The Morgan fingerprint density at radius 3 is 2.50 bits per heavy atom. The lowest BCUT2D eigenvalue weighted by atomic mass is 10.1. The van der Waals surface area contributed by atoms with Crippen molar-refractivity contribution in [3.05, 3.63) is 59.7 Å². The summed E-state index contributed by atoms with van der Waals surface area (Å²) in [5, 5.41) is 3.49. The Labute approximate surface area is 122 Å². The van der Waals surface area contributed by atoms with E-state index < -0.39 is 0 Å². The van der Waals surface area contributed by atoms with Crippen LogP contribution >= 0.6 is 0 Å². The molecule has 2 heteroatoms. The van der Waals surface area contributed by atoms with Crippen molar-refractivity contribution in [2.45, 2.75) is 33.4 Å².